The first-order chi connectivity index (χ1) is 10.5. The third kappa shape index (κ3) is 7.80. The molecule has 1 aromatic rings. The number of hydrogen-bond donors (Lipinski definition) is 0. The predicted octanol–water partition coefficient (Wildman–Crippen LogP) is 3.67. The highest BCUT2D eigenvalue weighted by Gasteiger charge is 2.08. The molecular weight excluding hydrogens is 316 g/mol. The quantitative estimate of drug-likeness (QED) is 0.478. The number of esters is 1. The van der Waals surface area contributed by atoms with E-state index in [2.05, 4.69) is 35.5 Å². The smallest absolute Gasteiger partial charge is 0.306 e. The lowest BCUT2D eigenvalue weighted by molar-refractivity contribution is -0.144. The van der Waals surface area contributed by atoms with Crippen molar-refractivity contribution in [1.82, 2.24) is 0 Å². The van der Waals surface area contributed by atoms with E-state index in [9.17, 15) is 4.79 Å². The molecule has 114 valence electrons. The van der Waals surface area contributed by atoms with Crippen molar-refractivity contribution in [3.63, 3.8) is 0 Å². The highest BCUT2D eigenvalue weighted by atomic mass is 35.5. The highest BCUT2D eigenvalue weighted by Crippen LogP contribution is 2.14. The van der Waals surface area contributed by atoms with Gasteiger partial charge in [0.2, 0.25) is 0 Å². The molecule has 1 atom stereocenters. The Morgan fingerprint density at radius 2 is 1.95 bits per heavy atom. The lowest BCUT2D eigenvalue weighted by Crippen LogP contribution is -2.14. The summed E-state index contributed by atoms with van der Waals surface area (Å²) in [7, 11) is 0. The molecule has 0 amide bonds. The highest BCUT2D eigenvalue weighted by molar-refractivity contribution is 7.13. The number of rotatable bonds is 4. The largest absolute Gasteiger partial charge is 0.463 e. The average molecular weight is 333 g/mol. The standard InChI is InChI=1S/C18H17ClO2S/c1-4-5-6-7-16-10-11-17(22-16)9-8-15(19)13-21-18(20)12-14(2)3/h10-11,14-15H,12-13H2,1-3H3. The molecule has 0 saturated heterocycles. The van der Waals surface area contributed by atoms with Gasteiger partial charge in [0.15, 0.2) is 0 Å². The minimum Gasteiger partial charge on any atom is -0.463 e. The second kappa shape index (κ2) is 9.97. The summed E-state index contributed by atoms with van der Waals surface area (Å²) in [6.07, 6.45) is 0.393. The lowest BCUT2D eigenvalue weighted by atomic mass is 10.1. The number of ether oxygens (including phenoxy) is 1. The molecule has 0 radical (unpaired) electrons. The van der Waals surface area contributed by atoms with Crippen molar-refractivity contribution in [2.75, 3.05) is 6.61 Å². The van der Waals surface area contributed by atoms with E-state index in [1.807, 2.05) is 26.0 Å². The molecule has 22 heavy (non-hydrogen) atoms. The van der Waals surface area contributed by atoms with Crippen LogP contribution in [0.2, 0.25) is 0 Å². The van der Waals surface area contributed by atoms with E-state index in [0.717, 1.165) is 9.75 Å². The predicted molar refractivity (Wildman–Crippen MR) is 91.6 cm³/mol. The molecule has 0 aliphatic heterocycles. The van der Waals surface area contributed by atoms with Crippen LogP contribution in [-0.2, 0) is 9.53 Å². The minimum absolute atomic E-state index is 0.101. The average Bonchev–Trinajstić information content (AvgIpc) is 2.90. The summed E-state index contributed by atoms with van der Waals surface area (Å²) in [5, 5.41) is -0.515. The van der Waals surface area contributed by atoms with Crippen LogP contribution >= 0.6 is 22.9 Å². The minimum atomic E-state index is -0.515. The van der Waals surface area contributed by atoms with Gasteiger partial charge in [-0.05, 0) is 42.7 Å². The van der Waals surface area contributed by atoms with Gasteiger partial charge in [-0.3, -0.25) is 4.79 Å². The molecule has 0 saturated carbocycles. The van der Waals surface area contributed by atoms with Gasteiger partial charge in [-0.15, -0.1) is 22.9 Å². The Labute approximate surface area is 141 Å². The van der Waals surface area contributed by atoms with Crippen LogP contribution in [-0.4, -0.2) is 18.0 Å². The molecule has 1 unspecified atom stereocenters. The zero-order chi connectivity index (χ0) is 16.4. The number of alkyl halides is 1. The van der Waals surface area contributed by atoms with Gasteiger partial charge < -0.3 is 4.74 Å². The van der Waals surface area contributed by atoms with Crippen molar-refractivity contribution in [3.05, 3.63) is 21.9 Å². The van der Waals surface area contributed by atoms with Crippen LogP contribution in [0.1, 0.15) is 36.9 Å². The van der Waals surface area contributed by atoms with E-state index in [-0.39, 0.29) is 18.5 Å². The Balaban J connectivity index is 2.50. The van der Waals surface area contributed by atoms with Gasteiger partial charge in [-0.2, -0.15) is 0 Å². The Morgan fingerprint density at radius 3 is 2.59 bits per heavy atom. The summed E-state index contributed by atoms with van der Waals surface area (Å²) in [4.78, 5) is 13.2. The molecule has 0 aromatic carbocycles. The maximum absolute atomic E-state index is 11.4. The van der Waals surface area contributed by atoms with Crippen LogP contribution in [0.25, 0.3) is 0 Å². The van der Waals surface area contributed by atoms with Crippen molar-refractivity contribution < 1.29 is 9.53 Å². The number of halogens is 1. The number of carbonyl (C=O) groups is 1. The van der Waals surface area contributed by atoms with E-state index in [1.54, 1.807) is 6.92 Å². The topological polar surface area (TPSA) is 26.3 Å². The normalized spacial score (nSPS) is 10.4. The molecule has 0 aliphatic carbocycles. The second-order valence-corrected chi connectivity index (χ2v) is 6.42. The third-order valence-corrected chi connectivity index (χ3v) is 3.45. The Kier molecular flexibility index (Phi) is 8.24. The first-order valence-corrected chi connectivity index (χ1v) is 8.10. The fourth-order valence-corrected chi connectivity index (χ4v) is 2.22. The zero-order valence-corrected chi connectivity index (χ0v) is 14.4. The fraction of sp³-hybridized carbons (Fsp3) is 0.389. The van der Waals surface area contributed by atoms with Crippen molar-refractivity contribution in [2.24, 2.45) is 5.92 Å². The molecule has 0 aliphatic rings. The third-order valence-electron chi connectivity index (χ3n) is 2.30. The first-order valence-electron chi connectivity index (χ1n) is 6.85. The van der Waals surface area contributed by atoms with E-state index in [1.165, 1.54) is 11.3 Å². The zero-order valence-electron chi connectivity index (χ0n) is 12.8. The van der Waals surface area contributed by atoms with Gasteiger partial charge in [0, 0.05) is 6.42 Å². The van der Waals surface area contributed by atoms with Crippen LogP contribution < -0.4 is 0 Å². The van der Waals surface area contributed by atoms with Crippen LogP contribution in [0, 0.1) is 41.4 Å². The molecule has 0 N–H and O–H groups in total. The monoisotopic (exact) mass is 332 g/mol. The molecule has 0 spiro atoms. The maximum Gasteiger partial charge on any atom is 0.306 e. The molecule has 2 nitrogen and oxygen atoms in total. The summed E-state index contributed by atoms with van der Waals surface area (Å²) in [5.74, 6) is 16.9. The molecule has 4 heteroatoms. The van der Waals surface area contributed by atoms with Crippen molar-refractivity contribution in [3.8, 4) is 35.5 Å². The van der Waals surface area contributed by atoms with Crippen LogP contribution in [0.5, 0.6) is 0 Å². The Bertz CT molecular complexity index is 684. The number of hydrogen-bond acceptors (Lipinski definition) is 3. The SMILES string of the molecule is CC#CC#Cc1ccc(C#CC(Cl)COC(=O)CC(C)C)s1. The summed E-state index contributed by atoms with van der Waals surface area (Å²) in [6, 6.07) is 3.78. The second-order valence-electron chi connectivity index (χ2n) is 4.81. The van der Waals surface area contributed by atoms with E-state index < -0.39 is 5.38 Å². The van der Waals surface area contributed by atoms with Crippen LogP contribution in [0.3, 0.4) is 0 Å². The first kappa shape index (κ1) is 18.2. The van der Waals surface area contributed by atoms with Gasteiger partial charge >= 0.3 is 5.97 Å². The molecule has 0 bridgehead atoms. The Hall–Kier alpha value is -1.86. The number of thiophene rings is 1. The maximum atomic E-state index is 11.4. The van der Waals surface area contributed by atoms with Gasteiger partial charge in [0.25, 0.3) is 0 Å². The van der Waals surface area contributed by atoms with E-state index >= 15 is 0 Å². The summed E-state index contributed by atoms with van der Waals surface area (Å²) in [5.41, 5.74) is 0. The summed E-state index contributed by atoms with van der Waals surface area (Å²) in [6.45, 7) is 5.77. The fourth-order valence-electron chi connectivity index (χ4n) is 1.38. The molecule has 0 fully saturated rings. The van der Waals surface area contributed by atoms with Gasteiger partial charge in [-0.1, -0.05) is 31.6 Å². The van der Waals surface area contributed by atoms with Crippen molar-refractivity contribution >= 4 is 28.9 Å². The Morgan fingerprint density at radius 1 is 1.27 bits per heavy atom. The van der Waals surface area contributed by atoms with Crippen molar-refractivity contribution in [2.45, 2.75) is 32.6 Å². The van der Waals surface area contributed by atoms with Gasteiger partial charge in [0.05, 0.1) is 9.75 Å². The lowest BCUT2D eigenvalue weighted by Gasteiger charge is -2.06. The van der Waals surface area contributed by atoms with E-state index in [0.29, 0.717) is 6.42 Å². The van der Waals surface area contributed by atoms with Crippen LogP contribution in [0.4, 0.5) is 0 Å². The summed E-state index contributed by atoms with van der Waals surface area (Å²) >= 11 is 7.50. The summed E-state index contributed by atoms with van der Waals surface area (Å²) < 4.78 is 5.07. The molecule has 1 rings (SSSR count). The van der Waals surface area contributed by atoms with E-state index in [4.69, 9.17) is 16.3 Å². The molecule has 1 aromatic heterocycles. The van der Waals surface area contributed by atoms with Gasteiger partial charge in [-0.25, -0.2) is 0 Å². The molecule has 1 heterocycles. The van der Waals surface area contributed by atoms with Crippen molar-refractivity contribution in [1.29, 1.82) is 0 Å². The van der Waals surface area contributed by atoms with Gasteiger partial charge in [0.1, 0.15) is 12.0 Å². The number of carbonyl (C=O) groups excluding carboxylic acids is 1. The van der Waals surface area contributed by atoms with Crippen LogP contribution in [0.15, 0.2) is 12.1 Å². The molecular formula is C18H17ClO2S.